The van der Waals surface area contributed by atoms with Crippen molar-refractivity contribution in [3.8, 4) is 11.8 Å². The van der Waals surface area contributed by atoms with E-state index in [4.69, 9.17) is 4.74 Å². The molecule has 0 unspecified atom stereocenters. The number of imide groups is 1. The fraction of sp³-hybridized carbons (Fsp3) is 0.192. The summed E-state index contributed by atoms with van der Waals surface area (Å²) in [5.41, 5.74) is 1.59. The number of urea groups is 1. The van der Waals surface area contributed by atoms with Crippen LogP contribution < -0.4 is 4.90 Å². The summed E-state index contributed by atoms with van der Waals surface area (Å²) >= 11 is 0. The van der Waals surface area contributed by atoms with Gasteiger partial charge in [0.05, 0.1) is 19.6 Å². The van der Waals surface area contributed by atoms with Crippen LogP contribution in [0.1, 0.15) is 28.7 Å². The van der Waals surface area contributed by atoms with Crippen molar-refractivity contribution in [2.45, 2.75) is 19.6 Å². The highest BCUT2D eigenvalue weighted by molar-refractivity contribution is 6.14. The van der Waals surface area contributed by atoms with E-state index in [0.717, 1.165) is 23.3 Å². The molecule has 2 aromatic carbocycles. The van der Waals surface area contributed by atoms with E-state index >= 15 is 8.78 Å². The molecule has 8 heteroatoms. The maximum atomic E-state index is 15.1. The quantitative estimate of drug-likeness (QED) is 0.508. The molecule has 6 nitrogen and oxygen atoms in total. The predicted molar refractivity (Wildman–Crippen MR) is 122 cm³/mol. The van der Waals surface area contributed by atoms with Crippen molar-refractivity contribution in [1.82, 2.24) is 9.88 Å². The van der Waals surface area contributed by atoms with E-state index in [9.17, 15) is 9.59 Å². The second kappa shape index (κ2) is 10.2. The minimum Gasteiger partial charge on any atom is -0.376 e. The maximum Gasteiger partial charge on any atom is 0.331 e. The van der Waals surface area contributed by atoms with Crippen LogP contribution in [0.25, 0.3) is 0 Å². The van der Waals surface area contributed by atoms with Crippen molar-refractivity contribution in [3.63, 3.8) is 0 Å². The zero-order chi connectivity index (χ0) is 24.1. The first-order chi connectivity index (χ1) is 16.4. The Balaban J connectivity index is 1.69. The number of halogens is 2. The van der Waals surface area contributed by atoms with Crippen LogP contribution in [0.3, 0.4) is 0 Å². The Hall–Kier alpha value is -4.09. The number of ether oxygens (including phenoxy) is 1. The molecule has 0 saturated carbocycles. The topological polar surface area (TPSA) is 62.7 Å². The molecule has 4 rings (SSSR count). The minimum absolute atomic E-state index is 0.00142. The number of amides is 3. The summed E-state index contributed by atoms with van der Waals surface area (Å²) in [4.78, 5) is 31.8. The molecular formula is C26H21F2N3O3. The van der Waals surface area contributed by atoms with Crippen LogP contribution in [0.15, 0.2) is 60.9 Å². The SMILES string of the molecule is CN1Cc2ccccc2COCCC(=O)N(c2c(F)cc(C#Cc3cccnc3)cc2F)C1=O. The standard InChI is InChI=1S/C26H21F2N3O3/c1-30-16-20-6-2-3-7-21(20)17-34-12-10-24(32)31(26(30)33)25-22(27)13-19(14-23(25)28)9-8-18-5-4-11-29-15-18/h2-7,11,13-15H,10,12,16-17H2,1H3. The Morgan fingerprint density at radius 3 is 2.38 bits per heavy atom. The van der Waals surface area contributed by atoms with E-state index in [1.54, 1.807) is 18.3 Å². The lowest BCUT2D eigenvalue weighted by molar-refractivity contribution is -0.119. The zero-order valence-corrected chi connectivity index (χ0v) is 18.4. The molecule has 0 fully saturated rings. The summed E-state index contributed by atoms with van der Waals surface area (Å²) < 4.78 is 35.8. The van der Waals surface area contributed by atoms with Crippen LogP contribution in [0.5, 0.6) is 0 Å². The second-order valence-corrected chi connectivity index (χ2v) is 7.72. The number of benzene rings is 2. The molecule has 1 aliphatic rings. The number of nitrogens with zero attached hydrogens (tertiary/aromatic N) is 3. The Labute approximate surface area is 195 Å². The summed E-state index contributed by atoms with van der Waals surface area (Å²) in [6.45, 7) is 0.400. The molecule has 172 valence electrons. The van der Waals surface area contributed by atoms with Crippen LogP contribution in [0, 0.1) is 23.5 Å². The molecule has 1 aliphatic heterocycles. The first kappa shape index (κ1) is 23.1. The average Bonchev–Trinajstić information content (AvgIpc) is 2.85. The van der Waals surface area contributed by atoms with Gasteiger partial charge in [-0.15, -0.1) is 0 Å². The molecule has 3 aromatic rings. The predicted octanol–water partition coefficient (Wildman–Crippen LogP) is 4.26. The van der Waals surface area contributed by atoms with Crippen LogP contribution in [0.4, 0.5) is 19.3 Å². The third-order valence-corrected chi connectivity index (χ3v) is 5.26. The molecule has 0 aliphatic carbocycles. The summed E-state index contributed by atoms with van der Waals surface area (Å²) in [7, 11) is 1.47. The van der Waals surface area contributed by atoms with Crippen LogP contribution in [-0.4, -0.2) is 35.5 Å². The summed E-state index contributed by atoms with van der Waals surface area (Å²) in [5.74, 6) is 2.54. The van der Waals surface area contributed by atoms with Crippen molar-refractivity contribution in [1.29, 1.82) is 0 Å². The average molecular weight is 461 g/mol. The van der Waals surface area contributed by atoms with Gasteiger partial charge in [-0.25, -0.2) is 18.5 Å². The lowest BCUT2D eigenvalue weighted by atomic mass is 10.1. The normalized spacial score (nSPS) is 14.7. The van der Waals surface area contributed by atoms with E-state index in [0.29, 0.717) is 10.5 Å². The molecule has 1 aromatic heterocycles. The first-order valence-electron chi connectivity index (χ1n) is 10.6. The fourth-order valence-electron chi connectivity index (χ4n) is 3.56. The molecule has 0 radical (unpaired) electrons. The number of carbonyl (C=O) groups excluding carboxylic acids is 2. The number of carbonyl (C=O) groups is 2. The molecule has 0 saturated heterocycles. The molecule has 0 N–H and O–H groups in total. The minimum atomic E-state index is -1.07. The van der Waals surface area contributed by atoms with Crippen molar-refractivity contribution < 1.29 is 23.1 Å². The number of anilines is 1. The number of aromatic nitrogens is 1. The molecule has 3 amide bonds. The van der Waals surface area contributed by atoms with Crippen molar-refractivity contribution in [3.05, 3.63) is 94.8 Å². The Morgan fingerprint density at radius 2 is 1.68 bits per heavy atom. The Bertz CT molecular complexity index is 1260. The van der Waals surface area contributed by atoms with Gasteiger partial charge in [0, 0.05) is 37.1 Å². The van der Waals surface area contributed by atoms with E-state index in [2.05, 4.69) is 16.8 Å². The monoisotopic (exact) mass is 461 g/mol. The summed E-state index contributed by atoms with van der Waals surface area (Å²) in [5, 5.41) is 0. The second-order valence-electron chi connectivity index (χ2n) is 7.72. The molecule has 0 bridgehead atoms. The summed E-state index contributed by atoms with van der Waals surface area (Å²) in [6, 6.07) is 11.9. The summed E-state index contributed by atoms with van der Waals surface area (Å²) in [6.07, 6.45) is 2.89. The number of hydrogen-bond acceptors (Lipinski definition) is 4. The molecule has 0 atom stereocenters. The molecule has 2 heterocycles. The van der Waals surface area contributed by atoms with Crippen LogP contribution in [0.2, 0.25) is 0 Å². The molecule has 34 heavy (non-hydrogen) atoms. The van der Waals surface area contributed by atoms with Gasteiger partial charge in [-0.3, -0.25) is 9.78 Å². The molecule has 0 spiro atoms. The van der Waals surface area contributed by atoms with Gasteiger partial charge in [-0.2, -0.15) is 0 Å². The van der Waals surface area contributed by atoms with Gasteiger partial charge in [0.15, 0.2) is 11.6 Å². The maximum absolute atomic E-state index is 15.1. The van der Waals surface area contributed by atoms with E-state index in [1.165, 1.54) is 18.1 Å². The zero-order valence-electron chi connectivity index (χ0n) is 18.4. The third-order valence-electron chi connectivity index (χ3n) is 5.26. The van der Waals surface area contributed by atoms with Gasteiger partial charge in [-0.1, -0.05) is 36.1 Å². The van der Waals surface area contributed by atoms with E-state index in [1.807, 2.05) is 24.3 Å². The van der Waals surface area contributed by atoms with Gasteiger partial charge in [0.1, 0.15) is 5.69 Å². The van der Waals surface area contributed by atoms with Crippen LogP contribution in [-0.2, 0) is 22.7 Å². The lowest BCUT2D eigenvalue weighted by Crippen LogP contribution is -2.45. The third kappa shape index (κ3) is 5.11. The molecular weight excluding hydrogens is 440 g/mol. The van der Waals surface area contributed by atoms with Crippen molar-refractivity contribution >= 4 is 17.6 Å². The van der Waals surface area contributed by atoms with Gasteiger partial charge >= 0.3 is 6.03 Å². The van der Waals surface area contributed by atoms with Gasteiger partial charge < -0.3 is 9.64 Å². The number of pyridine rings is 1. The van der Waals surface area contributed by atoms with Crippen molar-refractivity contribution in [2.75, 3.05) is 18.6 Å². The van der Waals surface area contributed by atoms with Crippen LogP contribution >= 0.6 is 0 Å². The first-order valence-corrected chi connectivity index (χ1v) is 10.6. The van der Waals surface area contributed by atoms with Gasteiger partial charge in [-0.05, 0) is 35.4 Å². The fourth-order valence-corrected chi connectivity index (χ4v) is 3.56. The number of fused-ring (bicyclic) bond motifs is 1. The Morgan fingerprint density at radius 1 is 0.971 bits per heavy atom. The van der Waals surface area contributed by atoms with E-state index < -0.39 is 29.3 Å². The van der Waals surface area contributed by atoms with Gasteiger partial charge in [0.2, 0.25) is 5.91 Å². The lowest BCUT2D eigenvalue weighted by Gasteiger charge is -2.27. The highest BCUT2D eigenvalue weighted by Gasteiger charge is 2.32. The number of hydrogen-bond donors (Lipinski definition) is 0. The highest BCUT2D eigenvalue weighted by atomic mass is 19.1. The highest BCUT2D eigenvalue weighted by Crippen LogP contribution is 2.28. The van der Waals surface area contributed by atoms with Crippen molar-refractivity contribution in [2.24, 2.45) is 0 Å². The number of rotatable bonds is 1. The smallest absolute Gasteiger partial charge is 0.331 e. The Kier molecular flexibility index (Phi) is 6.95. The van der Waals surface area contributed by atoms with E-state index in [-0.39, 0.29) is 31.7 Å². The largest absolute Gasteiger partial charge is 0.376 e. The van der Waals surface area contributed by atoms with Gasteiger partial charge in [0.25, 0.3) is 0 Å².